The monoisotopic (exact) mass is 357 g/mol. The first-order valence-electron chi connectivity index (χ1n) is 6.85. The van der Waals surface area contributed by atoms with Crippen LogP contribution < -0.4 is 20.5 Å². The predicted octanol–water partition coefficient (Wildman–Crippen LogP) is 2.23. The molecule has 6 nitrogen and oxygen atoms in total. The molecule has 1 atom stereocenters. The summed E-state index contributed by atoms with van der Waals surface area (Å²) in [6.45, 7) is 2.60. The number of nitrogens with zero attached hydrogens (tertiary/aromatic N) is 1. The molecule has 0 saturated carbocycles. The van der Waals surface area contributed by atoms with Crippen molar-refractivity contribution in [2.45, 2.75) is 19.6 Å². The van der Waals surface area contributed by atoms with Crippen molar-refractivity contribution in [2.24, 2.45) is 5.73 Å². The molecule has 0 aliphatic rings. The molecule has 0 fully saturated rings. The zero-order valence-electron chi connectivity index (χ0n) is 12.9. The maximum absolute atomic E-state index is 11.9. The number of halogens is 1. The van der Waals surface area contributed by atoms with Crippen molar-refractivity contribution in [1.29, 1.82) is 0 Å². The number of hydrogen-bond acceptors (Lipinski definition) is 6. The number of amides is 1. The zero-order valence-corrected chi connectivity index (χ0v) is 14.6. The van der Waals surface area contributed by atoms with Gasteiger partial charge < -0.3 is 20.5 Å². The summed E-state index contributed by atoms with van der Waals surface area (Å²) in [5.41, 5.74) is 5.87. The van der Waals surface area contributed by atoms with E-state index in [9.17, 15) is 4.79 Å². The largest absolute Gasteiger partial charge is 0.497 e. The Morgan fingerprint density at radius 2 is 2.17 bits per heavy atom. The average molecular weight is 358 g/mol. The van der Waals surface area contributed by atoms with Crippen LogP contribution in [0.15, 0.2) is 29.6 Å². The second-order valence-electron chi connectivity index (χ2n) is 4.65. The smallest absolute Gasteiger partial charge is 0.270 e. The quantitative estimate of drug-likeness (QED) is 0.793. The fraction of sp³-hybridized carbons (Fsp3) is 0.333. The van der Waals surface area contributed by atoms with Gasteiger partial charge in [-0.05, 0) is 19.1 Å². The number of nitrogens with one attached hydrogen (secondary N) is 1. The zero-order chi connectivity index (χ0) is 15.9. The fourth-order valence-corrected chi connectivity index (χ4v) is 2.44. The number of carbonyl (C=O) groups is 1. The van der Waals surface area contributed by atoms with Gasteiger partial charge in [-0.3, -0.25) is 4.79 Å². The fourth-order valence-electron chi connectivity index (χ4n) is 1.78. The van der Waals surface area contributed by atoms with Gasteiger partial charge in [-0.1, -0.05) is 6.07 Å². The van der Waals surface area contributed by atoms with E-state index in [1.54, 1.807) is 18.6 Å². The van der Waals surface area contributed by atoms with Crippen LogP contribution in [0.25, 0.3) is 0 Å². The van der Waals surface area contributed by atoms with Crippen LogP contribution in [0.2, 0.25) is 0 Å². The normalized spacial score (nSPS) is 11.3. The molecule has 0 aliphatic carbocycles. The van der Waals surface area contributed by atoms with Crippen LogP contribution in [0.1, 0.15) is 22.4 Å². The van der Waals surface area contributed by atoms with E-state index in [1.807, 2.05) is 25.1 Å². The lowest BCUT2D eigenvalue weighted by molar-refractivity contribution is 0.0927. The Hall–Kier alpha value is -1.83. The molecule has 0 radical (unpaired) electrons. The van der Waals surface area contributed by atoms with Crippen LogP contribution >= 0.6 is 23.7 Å². The Balaban J connectivity index is 0.00000264. The Bertz CT molecular complexity index is 636. The minimum Gasteiger partial charge on any atom is -0.497 e. The molecule has 1 aromatic heterocycles. The van der Waals surface area contributed by atoms with E-state index >= 15 is 0 Å². The molecule has 0 spiro atoms. The molecule has 126 valence electrons. The molecule has 8 heteroatoms. The van der Waals surface area contributed by atoms with Gasteiger partial charge in [0.2, 0.25) is 0 Å². The van der Waals surface area contributed by atoms with E-state index in [0.29, 0.717) is 24.5 Å². The molecule has 1 amide bonds. The molecular weight excluding hydrogens is 338 g/mol. The van der Waals surface area contributed by atoms with Crippen LogP contribution in [-0.4, -0.2) is 30.6 Å². The molecule has 23 heavy (non-hydrogen) atoms. The molecule has 1 unspecified atom stereocenters. The van der Waals surface area contributed by atoms with Gasteiger partial charge in [0.15, 0.2) is 0 Å². The van der Waals surface area contributed by atoms with E-state index in [4.69, 9.17) is 15.2 Å². The highest BCUT2D eigenvalue weighted by Crippen LogP contribution is 2.19. The Labute approximate surface area is 145 Å². The van der Waals surface area contributed by atoms with E-state index in [-0.39, 0.29) is 24.4 Å². The van der Waals surface area contributed by atoms with E-state index in [2.05, 4.69) is 10.3 Å². The van der Waals surface area contributed by atoms with Gasteiger partial charge in [0.1, 0.15) is 28.3 Å². The van der Waals surface area contributed by atoms with Crippen LogP contribution in [0.5, 0.6) is 11.5 Å². The minimum absolute atomic E-state index is 0. The summed E-state index contributed by atoms with van der Waals surface area (Å²) in [6.07, 6.45) is -0.177. The lowest BCUT2D eigenvalue weighted by Crippen LogP contribution is -2.33. The molecule has 0 saturated heterocycles. The van der Waals surface area contributed by atoms with Crippen molar-refractivity contribution in [2.75, 3.05) is 13.7 Å². The third kappa shape index (κ3) is 5.70. The molecule has 2 aromatic rings. The average Bonchev–Trinajstić information content (AvgIpc) is 3.02. The van der Waals surface area contributed by atoms with Crippen molar-refractivity contribution < 1.29 is 14.3 Å². The van der Waals surface area contributed by atoms with E-state index in [0.717, 1.165) is 10.8 Å². The number of thiazole rings is 1. The summed E-state index contributed by atoms with van der Waals surface area (Å²) < 4.78 is 10.9. The van der Waals surface area contributed by atoms with Gasteiger partial charge in [0.05, 0.1) is 13.7 Å². The van der Waals surface area contributed by atoms with Crippen LogP contribution in [0.3, 0.4) is 0 Å². The number of hydrogen-bond donors (Lipinski definition) is 2. The molecule has 1 aromatic carbocycles. The topological polar surface area (TPSA) is 86.5 Å². The van der Waals surface area contributed by atoms with Gasteiger partial charge in [0.25, 0.3) is 5.91 Å². The van der Waals surface area contributed by atoms with Crippen molar-refractivity contribution in [3.63, 3.8) is 0 Å². The maximum Gasteiger partial charge on any atom is 0.270 e. The molecule has 3 N–H and O–H groups in total. The highest BCUT2D eigenvalue weighted by atomic mass is 35.5. The second-order valence-corrected chi connectivity index (χ2v) is 5.59. The lowest BCUT2D eigenvalue weighted by Gasteiger charge is -2.15. The second kappa shape index (κ2) is 9.34. The van der Waals surface area contributed by atoms with Crippen LogP contribution in [0, 0.1) is 0 Å². The van der Waals surface area contributed by atoms with Gasteiger partial charge in [-0.2, -0.15) is 0 Å². The third-order valence-corrected chi connectivity index (χ3v) is 3.76. The van der Waals surface area contributed by atoms with Crippen LogP contribution in [0.4, 0.5) is 0 Å². The Morgan fingerprint density at radius 1 is 1.43 bits per heavy atom. The number of rotatable bonds is 7. The predicted molar refractivity (Wildman–Crippen MR) is 92.7 cm³/mol. The van der Waals surface area contributed by atoms with Crippen molar-refractivity contribution in [3.8, 4) is 11.5 Å². The summed E-state index contributed by atoms with van der Waals surface area (Å²) in [4.78, 5) is 16.1. The summed E-state index contributed by atoms with van der Waals surface area (Å²) in [5, 5.41) is 5.23. The number of benzene rings is 1. The minimum atomic E-state index is -0.225. The summed E-state index contributed by atoms with van der Waals surface area (Å²) in [6, 6.07) is 7.33. The van der Waals surface area contributed by atoms with E-state index in [1.165, 1.54) is 11.3 Å². The molecular formula is C15H20ClN3O3S. The number of carbonyl (C=O) groups excluding carboxylic acids is 1. The standard InChI is InChI=1S/C15H19N3O3S.ClH/c1-10(21-12-5-3-4-11(6-12)20-2)8-17-15(19)13-9-22-14(7-16)18-13;/h3-6,9-10H,7-8,16H2,1-2H3,(H,17,19);1H. The molecule has 2 rings (SSSR count). The number of ether oxygens (including phenoxy) is 2. The highest BCUT2D eigenvalue weighted by Gasteiger charge is 2.12. The maximum atomic E-state index is 11.9. The molecule has 1 heterocycles. The third-order valence-electron chi connectivity index (χ3n) is 2.89. The number of aromatic nitrogens is 1. The highest BCUT2D eigenvalue weighted by molar-refractivity contribution is 7.09. The summed E-state index contributed by atoms with van der Waals surface area (Å²) in [5.74, 6) is 1.20. The molecule has 0 aliphatic heterocycles. The Morgan fingerprint density at radius 3 is 2.83 bits per heavy atom. The van der Waals surface area contributed by atoms with Gasteiger partial charge in [0, 0.05) is 18.0 Å². The van der Waals surface area contributed by atoms with Crippen molar-refractivity contribution >= 4 is 29.7 Å². The van der Waals surface area contributed by atoms with Gasteiger partial charge >= 0.3 is 0 Å². The SMILES string of the molecule is COc1cccc(OC(C)CNC(=O)c2csc(CN)n2)c1.Cl. The molecule has 0 bridgehead atoms. The summed E-state index contributed by atoms with van der Waals surface area (Å²) >= 11 is 1.38. The first kappa shape index (κ1) is 19.2. The van der Waals surface area contributed by atoms with Gasteiger partial charge in [-0.15, -0.1) is 23.7 Å². The van der Waals surface area contributed by atoms with Gasteiger partial charge in [-0.25, -0.2) is 4.98 Å². The van der Waals surface area contributed by atoms with Crippen molar-refractivity contribution in [3.05, 3.63) is 40.3 Å². The number of nitrogens with two attached hydrogens (primary N) is 1. The first-order chi connectivity index (χ1) is 10.6. The lowest BCUT2D eigenvalue weighted by atomic mass is 10.3. The number of methoxy groups -OCH3 is 1. The van der Waals surface area contributed by atoms with Crippen LogP contribution in [-0.2, 0) is 6.54 Å². The Kier molecular flexibility index (Phi) is 7.80. The van der Waals surface area contributed by atoms with Crippen molar-refractivity contribution in [1.82, 2.24) is 10.3 Å². The van der Waals surface area contributed by atoms with E-state index < -0.39 is 0 Å². The first-order valence-corrected chi connectivity index (χ1v) is 7.73. The summed E-state index contributed by atoms with van der Waals surface area (Å²) in [7, 11) is 1.60.